The fourth-order valence-corrected chi connectivity index (χ4v) is 1.94. The lowest BCUT2D eigenvalue weighted by Gasteiger charge is -2.21. The first kappa shape index (κ1) is 16.0. The zero-order valence-electron chi connectivity index (χ0n) is 13.1. The Balaban J connectivity index is 2.55. The highest BCUT2D eigenvalue weighted by molar-refractivity contribution is 5.31. The van der Waals surface area contributed by atoms with Crippen LogP contribution >= 0.6 is 0 Å². The van der Waals surface area contributed by atoms with Crippen molar-refractivity contribution in [1.82, 2.24) is 5.32 Å². The summed E-state index contributed by atoms with van der Waals surface area (Å²) < 4.78 is 6.02. The summed E-state index contributed by atoms with van der Waals surface area (Å²) in [6, 6.07) is 8.51. The van der Waals surface area contributed by atoms with Gasteiger partial charge in [-0.3, -0.25) is 0 Å². The van der Waals surface area contributed by atoms with Crippen molar-refractivity contribution in [2.45, 2.75) is 59.0 Å². The summed E-state index contributed by atoms with van der Waals surface area (Å²) in [6.45, 7) is 13.0. The molecule has 1 aromatic rings. The third-order valence-corrected chi connectivity index (χ3v) is 3.28. The van der Waals surface area contributed by atoms with Crippen molar-refractivity contribution >= 4 is 0 Å². The molecule has 0 aromatic heterocycles. The fourth-order valence-electron chi connectivity index (χ4n) is 1.94. The van der Waals surface area contributed by atoms with Gasteiger partial charge < -0.3 is 10.1 Å². The first-order valence-electron chi connectivity index (χ1n) is 7.45. The van der Waals surface area contributed by atoms with Crippen LogP contribution in [0.3, 0.4) is 0 Å². The molecule has 0 heterocycles. The Morgan fingerprint density at radius 1 is 1.11 bits per heavy atom. The Bertz CT molecular complexity index is 351. The van der Waals surface area contributed by atoms with Crippen molar-refractivity contribution in [1.29, 1.82) is 0 Å². The number of rotatable bonds is 7. The average Bonchev–Trinajstić information content (AvgIpc) is 2.37. The van der Waals surface area contributed by atoms with E-state index >= 15 is 0 Å². The molecule has 0 aliphatic heterocycles. The van der Waals surface area contributed by atoms with E-state index in [2.05, 4.69) is 64.2 Å². The predicted octanol–water partition coefficient (Wildman–Crippen LogP) is 4.14. The molecule has 1 rings (SSSR count). The van der Waals surface area contributed by atoms with Gasteiger partial charge in [-0.05, 0) is 42.5 Å². The summed E-state index contributed by atoms with van der Waals surface area (Å²) >= 11 is 0. The van der Waals surface area contributed by atoms with E-state index < -0.39 is 0 Å². The van der Waals surface area contributed by atoms with Crippen LogP contribution in [0.25, 0.3) is 0 Å². The van der Waals surface area contributed by atoms with E-state index in [0.717, 1.165) is 31.7 Å². The molecule has 2 nitrogen and oxygen atoms in total. The summed E-state index contributed by atoms with van der Waals surface area (Å²) in [5.74, 6) is 0.971. The Kier molecular flexibility index (Phi) is 6.36. The summed E-state index contributed by atoms with van der Waals surface area (Å²) in [5.41, 5.74) is 1.54. The molecule has 0 aliphatic rings. The number of benzene rings is 1. The maximum absolute atomic E-state index is 6.02. The Morgan fingerprint density at radius 3 is 2.21 bits per heavy atom. The van der Waals surface area contributed by atoms with Gasteiger partial charge in [-0.15, -0.1) is 0 Å². The second-order valence-electron chi connectivity index (χ2n) is 6.13. The highest BCUT2D eigenvalue weighted by atomic mass is 16.5. The van der Waals surface area contributed by atoms with Crippen LogP contribution < -0.4 is 10.1 Å². The van der Waals surface area contributed by atoms with Crippen LogP contribution in [0.1, 0.15) is 53.0 Å². The van der Waals surface area contributed by atoms with E-state index in [9.17, 15) is 0 Å². The van der Waals surface area contributed by atoms with Gasteiger partial charge in [-0.2, -0.15) is 0 Å². The molecule has 1 N–H and O–H groups in total. The fraction of sp³-hybridized carbons (Fsp3) is 0.647. The summed E-state index contributed by atoms with van der Waals surface area (Å²) in [7, 11) is 0. The molecule has 0 saturated heterocycles. The Labute approximate surface area is 118 Å². The smallest absolute Gasteiger partial charge is 0.119 e. The minimum absolute atomic E-state index is 0.200. The van der Waals surface area contributed by atoms with E-state index in [1.165, 1.54) is 5.56 Å². The molecule has 108 valence electrons. The van der Waals surface area contributed by atoms with Gasteiger partial charge in [0.2, 0.25) is 0 Å². The maximum Gasteiger partial charge on any atom is 0.119 e. The molecule has 0 fully saturated rings. The molecule has 0 aliphatic carbocycles. The highest BCUT2D eigenvalue weighted by Gasteiger charge is 2.14. The van der Waals surface area contributed by atoms with Gasteiger partial charge >= 0.3 is 0 Å². The van der Waals surface area contributed by atoms with Crippen LogP contribution in [-0.2, 0) is 5.41 Å². The van der Waals surface area contributed by atoms with E-state index in [0.29, 0.717) is 0 Å². The van der Waals surface area contributed by atoms with Crippen LogP contribution in [0.15, 0.2) is 24.3 Å². The van der Waals surface area contributed by atoms with Crippen molar-refractivity contribution in [3.8, 4) is 5.75 Å². The summed E-state index contributed by atoms with van der Waals surface area (Å²) in [6.07, 6.45) is 2.45. The van der Waals surface area contributed by atoms with Crippen molar-refractivity contribution in [3.63, 3.8) is 0 Å². The van der Waals surface area contributed by atoms with E-state index in [1.54, 1.807) is 0 Å². The molecule has 0 saturated carbocycles. The molecule has 0 spiro atoms. The van der Waals surface area contributed by atoms with Gasteiger partial charge in [0.15, 0.2) is 0 Å². The van der Waals surface area contributed by atoms with Crippen LogP contribution in [0, 0.1) is 0 Å². The molecular formula is C17H29NO. The molecule has 2 heteroatoms. The lowest BCUT2D eigenvalue weighted by atomic mass is 9.87. The normalized spacial score (nSPS) is 13.3. The van der Waals surface area contributed by atoms with Crippen molar-refractivity contribution < 1.29 is 4.74 Å². The highest BCUT2D eigenvalue weighted by Crippen LogP contribution is 2.24. The average molecular weight is 263 g/mol. The van der Waals surface area contributed by atoms with Crippen molar-refractivity contribution in [2.24, 2.45) is 0 Å². The molecule has 0 bridgehead atoms. The molecule has 1 unspecified atom stereocenters. The van der Waals surface area contributed by atoms with Crippen LogP contribution in [0.5, 0.6) is 5.75 Å². The summed E-state index contributed by atoms with van der Waals surface area (Å²) in [5, 5.41) is 3.42. The Hall–Kier alpha value is -1.02. The number of hydrogen-bond acceptors (Lipinski definition) is 2. The monoisotopic (exact) mass is 263 g/mol. The number of ether oxygens (including phenoxy) is 1. The molecule has 1 aromatic carbocycles. The van der Waals surface area contributed by atoms with Gasteiger partial charge in [0.05, 0.1) is 0 Å². The lowest BCUT2D eigenvalue weighted by molar-refractivity contribution is 0.193. The molecular weight excluding hydrogens is 234 g/mol. The summed E-state index contributed by atoms with van der Waals surface area (Å²) in [4.78, 5) is 0. The first-order chi connectivity index (χ1) is 8.97. The van der Waals surface area contributed by atoms with Gasteiger partial charge in [0, 0.05) is 6.54 Å². The number of nitrogens with one attached hydrogen (secondary N) is 1. The van der Waals surface area contributed by atoms with Gasteiger partial charge in [-0.1, -0.05) is 46.8 Å². The van der Waals surface area contributed by atoms with Crippen molar-refractivity contribution in [2.75, 3.05) is 13.1 Å². The third kappa shape index (κ3) is 5.65. The van der Waals surface area contributed by atoms with E-state index in [1.807, 2.05) is 0 Å². The number of hydrogen-bond donors (Lipinski definition) is 1. The molecule has 19 heavy (non-hydrogen) atoms. The van der Waals surface area contributed by atoms with E-state index in [-0.39, 0.29) is 11.5 Å². The molecule has 1 atom stereocenters. The van der Waals surface area contributed by atoms with Gasteiger partial charge in [-0.25, -0.2) is 0 Å². The standard InChI is InChI=1S/C17H29NO/c1-6-12-18-13-15(7-2)19-16-10-8-14(9-11-16)17(3,4)5/h8-11,15,18H,6-7,12-13H2,1-5H3. The van der Waals surface area contributed by atoms with Crippen LogP contribution in [0.2, 0.25) is 0 Å². The van der Waals surface area contributed by atoms with Crippen molar-refractivity contribution in [3.05, 3.63) is 29.8 Å². The topological polar surface area (TPSA) is 21.3 Å². The second-order valence-corrected chi connectivity index (χ2v) is 6.13. The molecule has 0 radical (unpaired) electrons. The quantitative estimate of drug-likeness (QED) is 0.746. The van der Waals surface area contributed by atoms with Gasteiger partial charge in [0.25, 0.3) is 0 Å². The maximum atomic E-state index is 6.02. The molecule has 0 amide bonds. The minimum atomic E-state index is 0.200. The second kappa shape index (κ2) is 7.54. The zero-order valence-corrected chi connectivity index (χ0v) is 13.1. The lowest BCUT2D eigenvalue weighted by Crippen LogP contribution is -2.31. The third-order valence-electron chi connectivity index (χ3n) is 3.28. The SMILES string of the molecule is CCCNCC(CC)Oc1ccc(C(C)(C)C)cc1. The predicted molar refractivity (Wildman–Crippen MR) is 83.0 cm³/mol. The first-order valence-corrected chi connectivity index (χ1v) is 7.45. The van der Waals surface area contributed by atoms with Gasteiger partial charge in [0.1, 0.15) is 11.9 Å². The zero-order chi connectivity index (χ0) is 14.3. The largest absolute Gasteiger partial charge is 0.489 e. The van der Waals surface area contributed by atoms with Crippen LogP contribution in [-0.4, -0.2) is 19.2 Å². The van der Waals surface area contributed by atoms with E-state index in [4.69, 9.17) is 4.74 Å². The Morgan fingerprint density at radius 2 is 1.74 bits per heavy atom. The minimum Gasteiger partial charge on any atom is -0.489 e. The van der Waals surface area contributed by atoms with Crippen LogP contribution in [0.4, 0.5) is 0 Å².